The summed E-state index contributed by atoms with van der Waals surface area (Å²) in [6.45, 7) is 0. The summed E-state index contributed by atoms with van der Waals surface area (Å²) in [4.78, 5) is 0.382. The number of hydrogen-bond donors (Lipinski definition) is 0. The SMILES string of the molecule is FC1=CCCC(Br)C1. The van der Waals surface area contributed by atoms with E-state index >= 15 is 0 Å². The second-order valence-electron chi connectivity index (χ2n) is 2.03. The number of hydrogen-bond acceptors (Lipinski definition) is 0. The lowest BCUT2D eigenvalue weighted by Crippen LogP contribution is -2.01. The Balaban J connectivity index is 2.45. The van der Waals surface area contributed by atoms with Gasteiger partial charge in [0.15, 0.2) is 0 Å². The summed E-state index contributed by atoms with van der Waals surface area (Å²) in [5.41, 5.74) is 0. The first kappa shape index (κ1) is 6.27. The average molecular weight is 179 g/mol. The molecule has 0 saturated heterocycles. The Bertz CT molecular complexity index is 109. The van der Waals surface area contributed by atoms with Crippen LogP contribution in [0.3, 0.4) is 0 Å². The molecule has 0 saturated carbocycles. The Morgan fingerprint density at radius 1 is 1.75 bits per heavy atom. The van der Waals surface area contributed by atoms with Crippen molar-refractivity contribution in [2.75, 3.05) is 0 Å². The van der Waals surface area contributed by atoms with E-state index in [0.29, 0.717) is 11.2 Å². The van der Waals surface area contributed by atoms with Crippen LogP contribution >= 0.6 is 15.9 Å². The molecule has 1 aliphatic carbocycles. The van der Waals surface area contributed by atoms with Crippen LogP contribution in [0.25, 0.3) is 0 Å². The van der Waals surface area contributed by atoms with E-state index in [1.807, 2.05) is 0 Å². The van der Waals surface area contributed by atoms with E-state index in [4.69, 9.17) is 0 Å². The summed E-state index contributed by atoms with van der Waals surface area (Å²) in [7, 11) is 0. The molecule has 46 valence electrons. The monoisotopic (exact) mass is 178 g/mol. The fraction of sp³-hybridized carbons (Fsp3) is 0.667. The minimum Gasteiger partial charge on any atom is -0.212 e. The molecule has 0 bridgehead atoms. The molecule has 0 N–H and O–H groups in total. The van der Waals surface area contributed by atoms with Gasteiger partial charge in [0.05, 0.1) is 5.83 Å². The van der Waals surface area contributed by atoms with E-state index in [1.54, 1.807) is 6.08 Å². The molecule has 1 rings (SSSR count). The minimum absolute atomic E-state index is 0.0399. The second-order valence-corrected chi connectivity index (χ2v) is 3.32. The van der Waals surface area contributed by atoms with Crippen LogP contribution in [0.1, 0.15) is 19.3 Å². The molecule has 0 fully saturated rings. The van der Waals surface area contributed by atoms with E-state index in [9.17, 15) is 4.39 Å². The van der Waals surface area contributed by atoms with Gasteiger partial charge in [-0.2, -0.15) is 0 Å². The van der Waals surface area contributed by atoms with Gasteiger partial charge in [0, 0.05) is 11.2 Å². The van der Waals surface area contributed by atoms with Crippen molar-refractivity contribution >= 4 is 15.9 Å². The minimum atomic E-state index is 0.0399. The molecular formula is C6H8BrF. The van der Waals surface area contributed by atoms with Crippen LogP contribution in [0.4, 0.5) is 4.39 Å². The molecule has 0 aromatic heterocycles. The van der Waals surface area contributed by atoms with Gasteiger partial charge < -0.3 is 0 Å². The molecule has 0 heterocycles. The highest BCUT2D eigenvalue weighted by molar-refractivity contribution is 9.09. The fourth-order valence-electron chi connectivity index (χ4n) is 0.818. The van der Waals surface area contributed by atoms with Crippen molar-refractivity contribution in [3.8, 4) is 0 Å². The summed E-state index contributed by atoms with van der Waals surface area (Å²) >= 11 is 3.35. The maximum absolute atomic E-state index is 12.3. The molecule has 0 radical (unpaired) electrons. The summed E-state index contributed by atoms with van der Waals surface area (Å²) in [5.74, 6) is 0.0399. The maximum atomic E-state index is 12.3. The van der Waals surface area contributed by atoms with E-state index in [2.05, 4.69) is 15.9 Å². The molecule has 0 aromatic carbocycles. The van der Waals surface area contributed by atoms with Crippen molar-refractivity contribution < 1.29 is 4.39 Å². The van der Waals surface area contributed by atoms with Gasteiger partial charge in [-0.15, -0.1) is 0 Å². The standard InChI is InChI=1S/C6H8BrF/c7-5-2-1-3-6(8)4-5/h3,5H,1-2,4H2. The lowest BCUT2D eigenvalue weighted by atomic mass is 10.1. The first-order chi connectivity index (χ1) is 3.79. The zero-order valence-corrected chi connectivity index (χ0v) is 6.12. The Kier molecular flexibility index (Phi) is 2.06. The number of rotatable bonds is 0. The van der Waals surface area contributed by atoms with Crippen molar-refractivity contribution in [3.05, 3.63) is 11.9 Å². The zero-order chi connectivity index (χ0) is 5.98. The third kappa shape index (κ3) is 1.58. The van der Waals surface area contributed by atoms with Crippen molar-refractivity contribution in [2.24, 2.45) is 0 Å². The molecule has 0 aliphatic heterocycles. The van der Waals surface area contributed by atoms with Crippen LogP contribution in [-0.2, 0) is 0 Å². The number of allylic oxidation sites excluding steroid dienone is 2. The second kappa shape index (κ2) is 2.62. The van der Waals surface area contributed by atoms with Gasteiger partial charge >= 0.3 is 0 Å². The third-order valence-electron chi connectivity index (χ3n) is 1.26. The molecule has 1 atom stereocenters. The van der Waals surface area contributed by atoms with Gasteiger partial charge in [-0.05, 0) is 12.8 Å². The van der Waals surface area contributed by atoms with Gasteiger partial charge in [0.25, 0.3) is 0 Å². The number of halogens is 2. The van der Waals surface area contributed by atoms with E-state index in [1.165, 1.54) is 0 Å². The van der Waals surface area contributed by atoms with Gasteiger partial charge in [0.1, 0.15) is 0 Å². The Hall–Kier alpha value is 0.150. The van der Waals surface area contributed by atoms with E-state index in [-0.39, 0.29) is 5.83 Å². The molecule has 0 nitrogen and oxygen atoms in total. The van der Waals surface area contributed by atoms with Crippen LogP contribution in [0.5, 0.6) is 0 Å². The van der Waals surface area contributed by atoms with E-state index in [0.717, 1.165) is 12.8 Å². The molecule has 1 aliphatic rings. The molecule has 1 unspecified atom stereocenters. The van der Waals surface area contributed by atoms with Crippen molar-refractivity contribution in [1.29, 1.82) is 0 Å². The van der Waals surface area contributed by atoms with E-state index < -0.39 is 0 Å². The Labute approximate surface area is 56.9 Å². The van der Waals surface area contributed by atoms with Crippen LogP contribution in [0, 0.1) is 0 Å². The molecule has 0 aromatic rings. The largest absolute Gasteiger partial charge is 0.212 e. The van der Waals surface area contributed by atoms with Gasteiger partial charge in [-0.25, -0.2) is 4.39 Å². The van der Waals surface area contributed by atoms with Gasteiger partial charge in [-0.3, -0.25) is 0 Å². The maximum Gasteiger partial charge on any atom is 0.0970 e. The highest BCUT2D eigenvalue weighted by Crippen LogP contribution is 2.24. The summed E-state index contributed by atoms with van der Waals surface area (Å²) in [6, 6.07) is 0. The van der Waals surface area contributed by atoms with Crippen molar-refractivity contribution in [2.45, 2.75) is 24.1 Å². The smallest absolute Gasteiger partial charge is 0.0970 e. The zero-order valence-electron chi connectivity index (χ0n) is 4.53. The van der Waals surface area contributed by atoms with Crippen molar-refractivity contribution in [1.82, 2.24) is 0 Å². The highest BCUT2D eigenvalue weighted by Gasteiger charge is 2.10. The molecule has 0 amide bonds. The fourth-order valence-corrected chi connectivity index (χ4v) is 1.39. The first-order valence-corrected chi connectivity index (χ1v) is 3.69. The summed E-state index contributed by atoms with van der Waals surface area (Å²) in [6.07, 6.45) is 4.22. The predicted octanol–water partition coefficient (Wildman–Crippen LogP) is 2.79. The molecule has 0 spiro atoms. The van der Waals surface area contributed by atoms with Gasteiger partial charge in [0.2, 0.25) is 0 Å². The van der Waals surface area contributed by atoms with Crippen LogP contribution < -0.4 is 0 Å². The Morgan fingerprint density at radius 2 is 2.50 bits per heavy atom. The molecule has 2 heteroatoms. The average Bonchev–Trinajstić information content (AvgIpc) is 1.64. The van der Waals surface area contributed by atoms with Gasteiger partial charge in [-0.1, -0.05) is 22.0 Å². The quantitative estimate of drug-likeness (QED) is 0.501. The highest BCUT2D eigenvalue weighted by atomic mass is 79.9. The summed E-state index contributed by atoms with van der Waals surface area (Å²) < 4.78 is 12.3. The summed E-state index contributed by atoms with van der Waals surface area (Å²) in [5, 5.41) is 0. The lowest BCUT2D eigenvalue weighted by Gasteiger charge is -2.10. The Morgan fingerprint density at radius 3 is 2.88 bits per heavy atom. The normalized spacial score (nSPS) is 29.8. The molecule has 8 heavy (non-hydrogen) atoms. The predicted molar refractivity (Wildman–Crippen MR) is 35.8 cm³/mol. The topological polar surface area (TPSA) is 0 Å². The van der Waals surface area contributed by atoms with Crippen LogP contribution in [0.15, 0.2) is 11.9 Å². The number of alkyl halides is 1. The first-order valence-electron chi connectivity index (χ1n) is 2.77. The lowest BCUT2D eigenvalue weighted by molar-refractivity contribution is 0.544. The third-order valence-corrected chi connectivity index (χ3v) is 2.04. The molecular weight excluding hydrogens is 171 g/mol. The van der Waals surface area contributed by atoms with Crippen LogP contribution in [0.2, 0.25) is 0 Å². The van der Waals surface area contributed by atoms with Crippen molar-refractivity contribution in [3.63, 3.8) is 0 Å². The van der Waals surface area contributed by atoms with Crippen LogP contribution in [-0.4, -0.2) is 4.83 Å².